The van der Waals surface area contributed by atoms with Crippen molar-refractivity contribution in [2.75, 3.05) is 20.3 Å². The van der Waals surface area contributed by atoms with Crippen LogP contribution in [0.3, 0.4) is 0 Å². The predicted molar refractivity (Wildman–Crippen MR) is 135 cm³/mol. The molecule has 0 bridgehead atoms. The smallest absolute Gasteiger partial charge is 0.408 e. The molecule has 0 aliphatic carbocycles. The second-order valence-corrected chi connectivity index (χ2v) is 10.7. The fourth-order valence-corrected chi connectivity index (χ4v) is 4.40. The number of hydrogen-bond donors (Lipinski definition) is 1. The zero-order valence-corrected chi connectivity index (χ0v) is 21.5. The van der Waals surface area contributed by atoms with E-state index in [-0.39, 0.29) is 18.1 Å². The molecule has 3 rings (SSSR count). The van der Waals surface area contributed by atoms with Crippen molar-refractivity contribution in [3.63, 3.8) is 0 Å². The summed E-state index contributed by atoms with van der Waals surface area (Å²) in [6.07, 6.45) is 0.566. The number of ether oxygens (including phenoxy) is 3. The first-order valence-electron chi connectivity index (χ1n) is 12.1. The molecule has 0 aromatic heterocycles. The SMILES string of the molecule is COc1ccc(CN2C[C@@H](C(C)(C)NC(=O)OC(C)(C)C)C[C@H]2COCc2ccccc2)cc1. The minimum Gasteiger partial charge on any atom is -0.497 e. The van der Waals surface area contributed by atoms with E-state index in [0.29, 0.717) is 13.2 Å². The number of nitrogens with one attached hydrogen (secondary N) is 1. The zero-order valence-electron chi connectivity index (χ0n) is 21.5. The normalized spacial score (nSPS) is 19.1. The van der Waals surface area contributed by atoms with Gasteiger partial charge in [0.15, 0.2) is 0 Å². The lowest BCUT2D eigenvalue weighted by Crippen LogP contribution is -2.51. The van der Waals surface area contributed by atoms with Gasteiger partial charge in [-0.15, -0.1) is 0 Å². The van der Waals surface area contributed by atoms with Gasteiger partial charge in [-0.05, 0) is 70.2 Å². The fourth-order valence-electron chi connectivity index (χ4n) is 4.40. The number of rotatable bonds is 9. The summed E-state index contributed by atoms with van der Waals surface area (Å²) in [6.45, 7) is 12.7. The molecule has 1 aliphatic heterocycles. The number of benzene rings is 2. The molecule has 1 fully saturated rings. The highest BCUT2D eigenvalue weighted by atomic mass is 16.6. The monoisotopic (exact) mass is 468 g/mol. The molecule has 1 saturated heterocycles. The Hall–Kier alpha value is -2.57. The van der Waals surface area contributed by atoms with Gasteiger partial charge in [-0.1, -0.05) is 42.5 Å². The molecule has 2 atom stereocenters. The molecule has 2 aromatic rings. The van der Waals surface area contributed by atoms with E-state index in [1.807, 2.05) is 51.1 Å². The molecule has 2 aromatic carbocycles. The zero-order chi connectivity index (χ0) is 24.8. The molecule has 0 radical (unpaired) electrons. The molecule has 0 unspecified atom stereocenters. The van der Waals surface area contributed by atoms with Crippen molar-refractivity contribution >= 4 is 6.09 Å². The van der Waals surface area contributed by atoms with Crippen molar-refractivity contribution in [1.82, 2.24) is 10.2 Å². The maximum absolute atomic E-state index is 12.5. The highest BCUT2D eigenvalue weighted by Crippen LogP contribution is 2.33. The quantitative estimate of drug-likeness (QED) is 0.534. The average Bonchev–Trinajstić information content (AvgIpc) is 3.17. The number of likely N-dealkylation sites (tertiary alicyclic amines) is 1. The van der Waals surface area contributed by atoms with E-state index in [1.165, 1.54) is 11.1 Å². The van der Waals surface area contributed by atoms with Crippen molar-refractivity contribution < 1.29 is 19.0 Å². The lowest BCUT2D eigenvalue weighted by molar-refractivity contribution is 0.0437. The maximum atomic E-state index is 12.5. The Bertz CT molecular complexity index is 906. The minimum absolute atomic E-state index is 0.260. The van der Waals surface area contributed by atoms with Crippen LogP contribution in [-0.2, 0) is 22.6 Å². The molecule has 186 valence electrons. The van der Waals surface area contributed by atoms with Gasteiger partial charge in [-0.2, -0.15) is 0 Å². The van der Waals surface area contributed by atoms with E-state index >= 15 is 0 Å². The third-order valence-corrected chi connectivity index (χ3v) is 6.34. The second kappa shape index (κ2) is 11.2. The molecule has 34 heavy (non-hydrogen) atoms. The lowest BCUT2D eigenvalue weighted by Gasteiger charge is -2.33. The lowest BCUT2D eigenvalue weighted by atomic mass is 9.85. The van der Waals surface area contributed by atoms with Gasteiger partial charge in [0.2, 0.25) is 0 Å². The number of hydrogen-bond acceptors (Lipinski definition) is 5. The number of nitrogens with zero attached hydrogens (tertiary/aromatic N) is 1. The number of carbonyl (C=O) groups is 1. The maximum Gasteiger partial charge on any atom is 0.408 e. The van der Waals surface area contributed by atoms with Gasteiger partial charge in [-0.3, -0.25) is 4.90 Å². The van der Waals surface area contributed by atoms with Gasteiger partial charge >= 0.3 is 6.09 Å². The molecular weight excluding hydrogens is 428 g/mol. The van der Waals surface area contributed by atoms with Crippen LogP contribution in [0, 0.1) is 5.92 Å². The minimum atomic E-state index is -0.524. The summed E-state index contributed by atoms with van der Waals surface area (Å²) in [7, 11) is 1.68. The van der Waals surface area contributed by atoms with Crippen LogP contribution in [-0.4, -0.2) is 48.4 Å². The third-order valence-electron chi connectivity index (χ3n) is 6.34. The highest BCUT2D eigenvalue weighted by molar-refractivity contribution is 5.68. The molecule has 1 amide bonds. The van der Waals surface area contributed by atoms with E-state index in [1.54, 1.807) is 7.11 Å². The van der Waals surface area contributed by atoms with Gasteiger partial charge in [0, 0.05) is 24.7 Å². The highest BCUT2D eigenvalue weighted by Gasteiger charge is 2.41. The molecule has 1 heterocycles. The Balaban J connectivity index is 1.67. The van der Waals surface area contributed by atoms with Crippen molar-refractivity contribution in [2.24, 2.45) is 5.92 Å². The molecular formula is C28H40N2O4. The van der Waals surface area contributed by atoms with Crippen LogP contribution in [0.2, 0.25) is 0 Å². The van der Waals surface area contributed by atoms with E-state index < -0.39 is 11.1 Å². The number of methoxy groups -OCH3 is 1. The van der Waals surface area contributed by atoms with Gasteiger partial charge in [0.05, 0.1) is 20.3 Å². The Morgan fingerprint density at radius 1 is 1.00 bits per heavy atom. The second-order valence-electron chi connectivity index (χ2n) is 10.7. The van der Waals surface area contributed by atoms with E-state index in [2.05, 4.69) is 48.3 Å². The van der Waals surface area contributed by atoms with Crippen LogP contribution < -0.4 is 10.1 Å². The van der Waals surface area contributed by atoms with Gasteiger partial charge in [0.25, 0.3) is 0 Å². The van der Waals surface area contributed by atoms with E-state index in [0.717, 1.165) is 25.3 Å². The van der Waals surface area contributed by atoms with E-state index in [4.69, 9.17) is 14.2 Å². The number of amides is 1. The van der Waals surface area contributed by atoms with Crippen molar-refractivity contribution in [1.29, 1.82) is 0 Å². The fraction of sp³-hybridized carbons (Fsp3) is 0.536. The topological polar surface area (TPSA) is 60.0 Å². The summed E-state index contributed by atoms with van der Waals surface area (Å²) in [6, 6.07) is 18.7. The van der Waals surface area contributed by atoms with Gasteiger partial charge in [-0.25, -0.2) is 4.79 Å². The number of alkyl carbamates (subject to hydrolysis) is 1. The van der Waals surface area contributed by atoms with E-state index in [9.17, 15) is 4.79 Å². The third kappa shape index (κ3) is 7.74. The first-order valence-corrected chi connectivity index (χ1v) is 12.1. The summed E-state index contributed by atoms with van der Waals surface area (Å²) < 4.78 is 17.0. The molecule has 6 heteroatoms. The Kier molecular flexibility index (Phi) is 8.61. The Morgan fingerprint density at radius 3 is 2.29 bits per heavy atom. The summed E-state index contributed by atoms with van der Waals surface area (Å²) in [5.74, 6) is 1.12. The molecule has 0 saturated carbocycles. The van der Waals surface area contributed by atoms with Gasteiger partial charge < -0.3 is 19.5 Å². The molecule has 1 aliphatic rings. The standard InChI is InChI=1S/C28H40N2O4/c1-27(2,3)34-26(31)29-28(4,5)23-16-24(20-33-19-22-10-8-7-9-11-22)30(18-23)17-21-12-14-25(32-6)15-13-21/h7-15,23-24H,16-20H2,1-6H3,(H,29,31)/t23-,24-/m0/s1. The summed E-state index contributed by atoms with van der Waals surface area (Å²) in [5.41, 5.74) is 1.47. The van der Waals surface area contributed by atoms with Crippen molar-refractivity contribution in [3.05, 3.63) is 65.7 Å². The first kappa shape index (κ1) is 26.0. The average molecular weight is 469 g/mol. The van der Waals surface area contributed by atoms with Gasteiger partial charge in [0.1, 0.15) is 11.4 Å². The summed E-state index contributed by atoms with van der Waals surface area (Å²) in [4.78, 5) is 15.0. The Labute approximate surface area is 204 Å². The van der Waals surface area contributed by atoms with Crippen molar-refractivity contribution in [2.45, 2.75) is 71.4 Å². The van der Waals surface area contributed by atoms with Crippen LogP contribution in [0.4, 0.5) is 4.79 Å². The van der Waals surface area contributed by atoms with Crippen LogP contribution in [0.5, 0.6) is 5.75 Å². The molecule has 6 nitrogen and oxygen atoms in total. The van der Waals surface area contributed by atoms with Crippen LogP contribution >= 0.6 is 0 Å². The Morgan fingerprint density at radius 2 is 1.68 bits per heavy atom. The van der Waals surface area contributed by atoms with Crippen LogP contribution in [0.1, 0.15) is 52.2 Å². The summed E-state index contributed by atoms with van der Waals surface area (Å²) in [5, 5.41) is 3.11. The molecule has 0 spiro atoms. The van der Waals surface area contributed by atoms with Crippen LogP contribution in [0.25, 0.3) is 0 Å². The largest absolute Gasteiger partial charge is 0.497 e. The van der Waals surface area contributed by atoms with Crippen LogP contribution in [0.15, 0.2) is 54.6 Å². The summed E-state index contributed by atoms with van der Waals surface area (Å²) >= 11 is 0. The number of carbonyl (C=O) groups excluding carboxylic acids is 1. The first-order chi connectivity index (χ1) is 16.1. The predicted octanol–water partition coefficient (Wildman–Crippen LogP) is 5.41. The van der Waals surface area contributed by atoms with Crippen molar-refractivity contribution in [3.8, 4) is 5.75 Å². The molecule has 1 N–H and O–H groups in total.